The fraction of sp³-hybridized carbons (Fsp3) is 0.667. The highest BCUT2D eigenvalue weighted by atomic mass is 19.1. The molecular formula is C27H34FNO2. The van der Waals surface area contributed by atoms with Gasteiger partial charge in [-0.3, -0.25) is 4.79 Å². The van der Waals surface area contributed by atoms with Crippen molar-refractivity contribution in [3.8, 4) is 5.75 Å². The van der Waals surface area contributed by atoms with Crippen molar-refractivity contribution in [3.05, 3.63) is 41.7 Å². The van der Waals surface area contributed by atoms with Crippen LogP contribution in [0.5, 0.6) is 5.75 Å². The van der Waals surface area contributed by atoms with Gasteiger partial charge in [0, 0.05) is 24.6 Å². The van der Waals surface area contributed by atoms with Gasteiger partial charge in [0.1, 0.15) is 11.6 Å². The van der Waals surface area contributed by atoms with Crippen LogP contribution in [0.15, 0.2) is 24.8 Å². The van der Waals surface area contributed by atoms with E-state index in [-0.39, 0.29) is 11.5 Å². The third kappa shape index (κ3) is 3.60. The molecule has 6 fully saturated rings. The van der Waals surface area contributed by atoms with Crippen LogP contribution in [0.3, 0.4) is 0 Å². The van der Waals surface area contributed by atoms with Crippen molar-refractivity contribution in [1.29, 1.82) is 0 Å². The maximum absolute atomic E-state index is 15.1. The Morgan fingerprint density at radius 3 is 2.39 bits per heavy atom. The summed E-state index contributed by atoms with van der Waals surface area (Å²) in [5.41, 5.74) is 1.57. The van der Waals surface area contributed by atoms with Crippen LogP contribution in [0.2, 0.25) is 0 Å². The summed E-state index contributed by atoms with van der Waals surface area (Å²) in [6.07, 6.45) is 13.1. The second kappa shape index (κ2) is 7.35. The van der Waals surface area contributed by atoms with Gasteiger partial charge in [0.2, 0.25) is 0 Å². The quantitative estimate of drug-likeness (QED) is 0.530. The Labute approximate surface area is 185 Å². The fourth-order valence-corrected chi connectivity index (χ4v) is 7.61. The maximum Gasteiger partial charge on any atom is 0.256 e. The number of ether oxygens (including phenoxy) is 1. The van der Waals surface area contributed by atoms with Gasteiger partial charge in [0.05, 0.1) is 12.2 Å². The van der Waals surface area contributed by atoms with Gasteiger partial charge in [0.25, 0.3) is 5.91 Å². The first kappa shape index (κ1) is 19.8. The van der Waals surface area contributed by atoms with Gasteiger partial charge < -0.3 is 9.64 Å². The lowest BCUT2D eigenvalue weighted by Crippen LogP contribution is -2.48. The van der Waals surface area contributed by atoms with Gasteiger partial charge in [-0.1, -0.05) is 6.08 Å². The summed E-state index contributed by atoms with van der Waals surface area (Å²) < 4.78 is 21.6. The van der Waals surface area contributed by atoms with Crippen molar-refractivity contribution in [2.45, 2.75) is 63.7 Å². The van der Waals surface area contributed by atoms with Gasteiger partial charge in [0.15, 0.2) is 0 Å². The largest absolute Gasteiger partial charge is 0.493 e. The molecule has 0 spiro atoms. The molecule has 1 amide bonds. The van der Waals surface area contributed by atoms with E-state index in [1.807, 2.05) is 12.1 Å². The molecular weight excluding hydrogens is 389 g/mol. The molecule has 0 radical (unpaired) electrons. The fourth-order valence-electron chi connectivity index (χ4n) is 7.61. The first-order valence-corrected chi connectivity index (χ1v) is 12.4. The standard InChI is InChI=1S/C27H34FNO2/c1-2-17-5-6-29(15-17)26(30)23-10-22(21-3-4-21)25(11-24(23)28)31-16-27-12-18-7-19(13-27)9-20(8-18)14-27/h2,10-11,17-21H,1,3-9,12-16H2/t17-,18?,19?,20?,27?/m0/s1. The monoisotopic (exact) mass is 423 g/mol. The van der Waals surface area contributed by atoms with Crippen LogP contribution in [-0.2, 0) is 0 Å². The molecule has 0 aromatic heterocycles. The van der Waals surface area contributed by atoms with Gasteiger partial charge in [-0.25, -0.2) is 4.39 Å². The topological polar surface area (TPSA) is 29.5 Å². The van der Waals surface area contributed by atoms with E-state index in [4.69, 9.17) is 4.74 Å². The molecule has 1 aromatic rings. The number of carbonyl (C=O) groups is 1. The Morgan fingerprint density at radius 1 is 1.13 bits per heavy atom. The first-order chi connectivity index (χ1) is 15.0. The van der Waals surface area contributed by atoms with Crippen LogP contribution in [0.1, 0.15) is 79.6 Å². The molecule has 4 heteroatoms. The predicted molar refractivity (Wildman–Crippen MR) is 119 cm³/mol. The van der Waals surface area contributed by atoms with Gasteiger partial charge >= 0.3 is 0 Å². The average Bonchev–Trinajstić information content (AvgIpc) is 3.47. The van der Waals surface area contributed by atoms with Crippen LogP contribution < -0.4 is 4.74 Å². The molecule has 6 aliphatic rings. The Bertz CT molecular complexity index is 869. The van der Waals surface area contributed by atoms with E-state index in [1.165, 1.54) is 44.6 Å². The average molecular weight is 424 g/mol. The van der Waals surface area contributed by atoms with Crippen molar-refractivity contribution < 1.29 is 13.9 Å². The van der Waals surface area contributed by atoms with E-state index in [0.29, 0.717) is 36.1 Å². The Morgan fingerprint density at radius 2 is 1.81 bits per heavy atom. The Kier molecular flexibility index (Phi) is 4.70. The smallest absolute Gasteiger partial charge is 0.256 e. The molecule has 0 unspecified atom stereocenters. The highest BCUT2D eigenvalue weighted by Gasteiger charge is 2.51. The number of hydrogen-bond acceptors (Lipinski definition) is 2. The molecule has 1 aliphatic heterocycles. The molecule has 5 aliphatic carbocycles. The van der Waals surface area contributed by atoms with E-state index < -0.39 is 5.82 Å². The summed E-state index contributed by atoms with van der Waals surface area (Å²) in [7, 11) is 0. The first-order valence-electron chi connectivity index (χ1n) is 12.4. The van der Waals surface area contributed by atoms with E-state index in [9.17, 15) is 4.79 Å². The van der Waals surface area contributed by atoms with Crippen LogP contribution in [0.25, 0.3) is 0 Å². The molecule has 0 N–H and O–H groups in total. The molecule has 7 rings (SSSR count). The maximum atomic E-state index is 15.1. The minimum Gasteiger partial charge on any atom is -0.493 e. The number of halogens is 1. The summed E-state index contributed by atoms with van der Waals surface area (Å²) in [5.74, 6) is 3.46. The molecule has 1 heterocycles. The predicted octanol–water partition coefficient (Wildman–Crippen LogP) is 5.95. The second-order valence-corrected chi connectivity index (χ2v) is 11.4. The Hall–Kier alpha value is -1.84. The summed E-state index contributed by atoms with van der Waals surface area (Å²) >= 11 is 0. The van der Waals surface area contributed by atoms with Crippen molar-refractivity contribution in [1.82, 2.24) is 4.90 Å². The Balaban J connectivity index is 1.22. The summed E-state index contributed by atoms with van der Waals surface area (Å²) in [4.78, 5) is 14.8. The van der Waals surface area contributed by atoms with E-state index in [0.717, 1.165) is 49.2 Å². The number of likely N-dealkylation sites (tertiary alicyclic amines) is 1. The lowest BCUT2D eigenvalue weighted by atomic mass is 9.50. The zero-order chi connectivity index (χ0) is 21.2. The molecule has 3 nitrogen and oxygen atoms in total. The summed E-state index contributed by atoms with van der Waals surface area (Å²) in [6, 6.07) is 3.33. The van der Waals surface area contributed by atoms with Gasteiger partial charge in [-0.15, -0.1) is 6.58 Å². The van der Waals surface area contributed by atoms with Crippen molar-refractivity contribution in [2.75, 3.05) is 19.7 Å². The molecule has 4 bridgehead atoms. The second-order valence-electron chi connectivity index (χ2n) is 11.4. The number of amides is 1. The van der Waals surface area contributed by atoms with Crippen LogP contribution in [0.4, 0.5) is 4.39 Å². The van der Waals surface area contributed by atoms with Gasteiger partial charge in [-0.05, 0) is 99.0 Å². The normalized spacial score (nSPS) is 36.1. The minimum absolute atomic E-state index is 0.184. The number of carbonyl (C=O) groups excluding carboxylic acids is 1. The lowest BCUT2D eigenvalue weighted by Gasteiger charge is -2.56. The van der Waals surface area contributed by atoms with Crippen molar-refractivity contribution in [3.63, 3.8) is 0 Å². The highest BCUT2D eigenvalue weighted by Crippen LogP contribution is 2.60. The molecule has 5 saturated carbocycles. The zero-order valence-electron chi connectivity index (χ0n) is 18.5. The van der Waals surface area contributed by atoms with Crippen LogP contribution in [0, 0.1) is 34.9 Å². The molecule has 1 saturated heterocycles. The SMILES string of the molecule is C=C[C@H]1CCN(C(=O)c2cc(C3CC3)c(OCC34CC5CC(CC(C5)C3)C4)cc2F)C1. The van der Waals surface area contributed by atoms with E-state index in [2.05, 4.69) is 6.58 Å². The molecule has 166 valence electrons. The van der Waals surface area contributed by atoms with Crippen molar-refractivity contribution in [2.24, 2.45) is 29.1 Å². The molecule has 1 aromatic carbocycles. The molecule has 1 atom stereocenters. The van der Waals surface area contributed by atoms with Gasteiger partial charge in [-0.2, -0.15) is 0 Å². The number of rotatable bonds is 6. The van der Waals surface area contributed by atoms with E-state index >= 15 is 4.39 Å². The highest BCUT2D eigenvalue weighted by molar-refractivity contribution is 5.95. The van der Waals surface area contributed by atoms with Crippen LogP contribution >= 0.6 is 0 Å². The molecule has 31 heavy (non-hydrogen) atoms. The number of nitrogens with zero attached hydrogens (tertiary/aromatic N) is 1. The number of benzene rings is 1. The number of hydrogen-bond donors (Lipinski definition) is 0. The summed E-state index contributed by atoms with van der Waals surface area (Å²) in [6.45, 7) is 5.88. The lowest BCUT2D eigenvalue weighted by molar-refractivity contribution is -0.0747. The third-order valence-electron chi connectivity index (χ3n) is 8.89. The zero-order valence-corrected chi connectivity index (χ0v) is 18.5. The van der Waals surface area contributed by atoms with Crippen LogP contribution in [-0.4, -0.2) is 30.5 Å². The van der Waals surface area contributed by atoms with E-state index in [1.54, 1.807) is 4.90 Å². The summed E-state index contributed by atoms with van der Waals surface area (Å²) in [5, 5.41) is 0. The third-order valence-corrected chi connectivity index (χ3v) is 8.89. The van der Waals surface area contributed by atoms with Crippen molar-refractivity contribution >= 4 is 5.91 Å². The minimum atomic E-state index is -0.433.